The van der Waals surface area contributed by atoms with Crippen molar-refractivity contribution in [2.24, 2.45) is 0 Å². The van der Waals surface area contributed by atoms with Crippen molar-refractivity contribution in [2.45, 2.75) is 24.7 Å². The Morgan fingerprint density at radius 3 is 2.14 bits per heavy atom. The van der Waals surface area contributed by atoms with Gasteiger partial charge in [0.15, 0.2) is 0 Å². The quantitative estimate of drug-likeness (QED) is 0.319. The van der Waals surface area contributed by atoms with Gasteiger partial charge in [-0.1, -0.05) is 18.2 Å². The predicted molar refractivity (Wildman–Crippen MR) is 142 cm³/mol. The molecule has 2 heterocycles. The fourth-order valence-electron chi connectivity index (χ4n) is 3.99. The van der Waals surface area contributed by atoms with E-state index >= 15 is 0 Å². The van der Waals surface area contributed by atoms with Gasteiger partial charge in [0.1, 0.15) is 17.3 Å². The normalized spacial score (nSPS) is 13.4. The van der Waals surface area contributed by atoms with E-state index in [2.05, 4.69) is 24.9 Å². The Balaban J connectivity index is 1.24. The highest BCUT2D eigenvalue weighted by Crippen LogP contribution is 2.25. The second-order valence-electron chi connectivity index (χ2n) is 8.58. The van der Waals surface area contributed by atoms with Crippen LogP contribution in [0.1, 0.15) is 18.5 Å². The van der Waals surface area contributed by atoms with Crippen LogP contribution in [0.15, 0.2) is 89.8 Å². The number of sulfonamides is 1. The molecule has 1 saturated heterocycles. The molecule has 3 aromatic carbocycles. The summed E-state index contributed by atoms with van der Waals surface area (Å²) in [4.78, 5) is 11.5. The fraction of sp³-hybridized carbons (Fsp3) is 0.185. The van der Waals surface area contributed by atoms with Crippen molar-refractivity contribution in [1.29, 1.82) is 0 Å². The van der Waals surface area contributed by atoms with E-state index in [9.17, 15) is 8.42 Å². The molecule has 0 amide bonds. The minimum atomic E-state index is -3.75. The van der Waals surface area contributed by atoms with Crippen LogP contribution in [0.5, 0.6) is 11.5 Å². The summed E-state index contributed by atoms with van der Waals surface area (Å²) in [6.45, 7) is 3.96. The van der Waals surface area contributed by atoms with Crippen molar-refractivity contribution in [2.75, 3.05) is 28.0 Å². The van der Waals surface area contributed by atoms with Gasteiger partial charge in [-0.15, -0.1) is 0 Å². The predicted octanol–water partition coefficient (Wildman–Crippen LogP) is 5.72. The van der Waals surface area contributed by atoms with E-state index in [1.54, 1.807) is 36.4 Å². The fourth-order valence-corrected chi connectivity index (χ4v) is 5.05. The van der Waals surface area contributed by atoms with Gasteiger partial charge in [-0.25, -0.2) is 13.4 Å². The molecule has 8 nitrogen and oxygen atoms in total. The summed E-state index contributed by atoms with van der Waals surface area (Å²) in [7, 11) is -3.75. The number of aryl methyl sites for hydroxylation is 1. The molecule has 1 aliphatic heterocycles. The molecule has 0 spiro atoms. The lowest BCUT2D eigenvalue weighted by Gasteiger charge is -2.17. The molecule has 0 bridgehead atoms. The number of hydrogen-bond acceptors (Lipinski definition) is 7. The summed E-state index contributed by atoms with van der Waals surface area (Å²) in [6.07, 6.45) is 2.35. The summed E-state index contributed by atoms with van der Waals surface area (Å²) in [6, 6.07) is 24.6. The zero-order valence-corrected chi connectivity index (χ0v) is 20.7. The summed E-state index contributed by atoms with van der Waals surface area (Å²) >= 11 is 0. The standard InChI is InChI=1S/C27H27N5O3S/c1-20-19-26(32-17-5-6-18-32)30-27(28-20)29-21-9-11-22(12-10-21)31-36(33,34)25-15-13-24(14-16-25)35-23-7-3-2-4-8-23/h2-4,7-16,19,31H,5-6,17-18H2,1H3,(H,28,29,30). The van der Waals surface area contributed by atoms with Crippen LogP contribution in [0, 0.1) is 6.92 Å². The molecule has 0 atom stereocenters. The van der Waals surface area contributed by atoms with Gasteiger partial charge in [-0.3, -0.25) is 4.72 Å². The SMILES string of the molecule is Cc1cc(N2CCCC2)nc(Nc2ccc(NS(=O)(=O)c3ccc(Oc4ccccc4)cc3)cc2)n1. The van der Waals surface area contributed by atoms with Crippen LogP contribution in [-0.2, 0) is 10.0 Å². The van der Waals surface area contributed by atoms with Crippen LogP contribution < -0.4 is 19.7 Å². The average molecular weight is 502 g/mol. The zero-order chi connectivity index (χ0) is 25.0. The van der Waals surface area contributed by atoms with E-state index in [-0.39, 0.29) is 4.90 Å². The average Bonchev–Trinajstić information content (AvgIpc) is 3.41. The maximum absolute atomic E-state index is 12.9. The first-order valence-corrected chi connectivity index (χ1v) is 13.3. The number of anilines is 4. The molecule has 4 aromatic rings. The van der Waals surface area contributed by atoms with E-state index < -0.39 is 10.0 Å². The third-order valence-electron chi connectivity index (χ3n) is 5.78. The number of hydrogen-bond donors (Lipinski definition) is 2. The van der Waals surface area contributed by atoms with Gasteiger partial charge in [-0.2, -0.15) is 4.98 Å². The molecule has 184 valence electrons. The lowest BCUT2D eigenvalue weighted by molar-refractivity contribution is 0.482. The van der Waals surface area contributed by atoms with Crippen LogP contribution in [0.25, 0.3) is 0 Å². The number of ether oxygens (including phenoxy) is 1. The van der Waals surface area contributed by atoms with Crippen molar-refractivity contribution in [3.63, 3.8) is 0 Å². The topological polar surface area (TPSA) is 96.5 Å². The third kappa shape index (κ3) is 5.75. The van der Waals surface area contributed by atoms with E-state index in [0.717, 1.165) is 30.3 Å². The zero-order valence-electron chi connectivity index (χ0n) is 19.9. The Hall–Kier alpha value is -4.11. The van der Waals surface area contributed by atoms with E-state index in [4.69, 9.17) is 4.74 Å². The van der Waals surface area contributed by atoms with E-state index in [1.165, 1.54) is 25.0 Å². The Labute approximate surface area is 211 Å². The molecule has 1 aromatic heterocycles. The van der Waals surface area contributed by atoms with Gasteiger partial charge in [0.2, 0.25) is 5.95 Å². The molecule has 0 aliphatic carbocycles. The molecule has 0 saturated carbocycles. The van der Waals surface area contributed by atoms with Gasteiger partial charge in [0.05, 0.1) is 4.90 Å². The summed E-state index contributed by atoms with van der Waals surface area (Å²) in [5, 5.41) is 3.22. The molecule has 1 fully saturated rings. The Kier molecular flexibility index (Phi) is 6.73. The van der Waals surface area contributed by atoms with Crippen molar-refractivity contribution in [1.82, 2.24) is 9.97 Å². The van der Waals surface area contributed by atoms with Crippen molar-refractivity contribution < 1.29 is 13.2 Å². The van der Waals surface area contributed by atoms with Gasteiger partial charge in [-0.05, 0) is 80.4 Å². The molecule has 0 radical (unpaired) electrons. The first kappa shape index (κ1) is 23.6. The highest BCUT2D eigenvalue weighted by molar-refractivity contribution is 7.92. The number of nitrogens with zero attached hydrogens (tertiary/aromatic N) is 3. The maximum Gasteiger partial charge on any atom is 0.261 e. The molecular formula is C27H27N5O3S. The van der Waals surface area contributed by atoms with Crippen LogP contribution in [0.4, 0.5) is 23.1 Å². The Morgan fingerprint density at radius 1 is 0.806 bits per heavy atom. The lowest BCUT2D eigenvalue weighted by Crippen LogP contribution is -2.19. The van der Waals surface area contributed by atoms with Crippen molar-refractivity contribution in [3.8, 4) is 11.5 Å². The van der Waals surface area contributed by atoms with E-state index in [0.29, 0.717) is 23.1 Å². The molecule has 5 rings (SSSR count). The molecule has 9 heteroatoms. The smallest absolute Gasteiger partial charge is 0.261 e. The highest BCUT2D eigenvalue weighted by Gasteiger charge is 2.16. The third-order valence-corrected chi connectivity index (χ3v) is 7.17. The van der Waals surface area contributed by atoms with E-state index in [1.807, 2.05) is 43.3 Å². The number of nitrogens with one attached hydrogen (secondary N) is 2. The summed E-state index contributed by atoms with van der Waals surface area (Å²) < 4.78 is 34.1. The molecule has 2 N–H and O–H groups in total. The van der Waals surface area contributed by atoms with Crippen molar-refractivity contribution in [3.05, 3.63) is 90.6 Å². The summed E-state index contributed by atoms with van der Waals surface area (Å²) in [5.41, 5.74) is 2.10. The largest absolute Gasteiger partial charge is 0.457 e. The highest BCUT2D eigenvalue weighted by atomic mass is 32.2. The van der Waals surface area contributed by atoms with Crippen LogP contribution in [-0.4, -0.2) is 31.5 Å². The Morgan fingerprint density at radius 2 is 1.44 bits per heavy atom. The lowest BCUT2D eigenvalue weighted by atomic mass is 10.3. The van der Waals surface area contributed by atoms with Crippen LogP contribution in [0.2, 0.25) is 0 Å². The second-order valence-corrected chi connectivity index (χ2v) is 10.3. The molecule has 36 heavy (non-hydrogen) atoms. The number of benzene rings is 3. The Bertz CT molecular complexity index is 1420. The first-order chi connectivity index (χ1) is 17.4. The van der Waals surface area contributed by atoms with Crippen LogP contribution >= 0.6 is 0 Å². The van der Waals surface area contributed by atoms with Gasteiger partial charge in [0.25, 0.3) is 10.0 Å². The minimum absolute atomic E-state index is 0.146. The van der Waals surface area contributed by atoms with Crippen molar-refractivity contribution >= 4 is 33.2 Å². The molecular weight excluding hydrogens is 474 g/mol. The minimum Gasteiger partial charge on any atom is -0.457 e. The number of para-hydroxylation sites is 1. The first-order valence-electron chi connectivity index (χ1n) is 11.8. The molecule has 1 aliphatic rings. The number of aromatic nitrogens is 2. The maximum atomic E-state index is 12.9. The van der Waals surface area contributed by atoms with Gasteiger partial charge >= 0.3 is 0 Å². The van der Waals surface area contributed by atoms with Gasteiger partial charge in [0, 0.05) is 36.2 Å². The molecule has 0 unspecified atom stereocenters. The summed E-state index contributed by atoms with van der Waals surface area (Å²) in [5.74, 6) is 2.68. The monoisotopic (exact) mass is 501 g/mol. The van der Waals surface area contributed by atoms with Gasteiger partial charge < -0.3 is 15.0 Å². The number of rotatable bonds is 8. The second kappa shape index (κ2) is 10.2. The van der Waals surface area contributed by atoms with Crippen LogP contribution in [0.3, 0.4) is 0 Å².